The molecule has 0 unspecified atom stereocenters. The fourth-order valence-electron chi connectivity index (χ4n) is 2.05. The molecule has 94 valence electrons. The van der Waals surface area contributed by atoms with Crippen molar-refractivity contribution in [1.82, 2.24) is 9.80 Å². The molecule has 0 radical (unpaired) electrons. The highest BCUT2D eigenvalue weighted by Gasteiger charge is 2.24. The molecule has 5 heteroatoms. The summed E-state index contributed by atoms with van der Waals surface area (Å²) < 4.78 is 5.21. The van der Waals surface area contributed by atoms with Gasteiger partial charge in [0.15, 0.2) is 5.76 Å². The number of carbonyl (C=O) groups is 1. The second kappa shape index (κ2) is 5.33. The van der Waals surface area contributed by atoms with Crippen LogP contribution in [0.25, 0.3) is 0 Å². The molecule has 2 heterocycles. The average molecular weight is 238 g/mol. The van der Waals surface area contributed by atoms with Crippen LogP contribution in [0.15, 0.2) is 16.7 Å². The van der Waals surface area contributed by atoms with Gasteiger partial charge in [0.25, 0.3) is 5.91 Å². The van der Waals surface area contributed by atoms with E-state index in [1.165, 1.54) is 0 Å². The van der Waals surface area contributed by atoms with Gasteiger partial charge >= 0.3 is 0 Å². The molecule has 1 aromatic heterocycles. The van der Waals surface area contributed by atoms with Crippen LogP contribution in [0.4, 0.5) is 0 Å². The number of amides is 1. The molecule has 1 aliphatic heterocycles. The van der Waals surface area contributed by atoms with Crippen molar-refractivity contribution in [3.63, 3.8) is 0 Å². The number of aliphatic hydroxyl groups excluding tert-OH is 1. The van der Waals surface area contributed by atoms with E-state index in [9.17, 15) is 4.79 Å². The zero-order valence-corrected chi connectivity index (χ0v) is 10.1. The average Bonchev–Trinajstić information content (AvgIpc) is 2.76. The number of hydrogen-bond acceptors (Lipinski definition) is 4. The Labute approximate surface area is 101 Å². The fourth-order valence-corrected chi connectivity index (χ4v) is 2.05. The summed E-state index contributed by atoms with van der Waals surface area (Å²) in [6, 6.07) is 1.80. The number of furan rings is 1. The van der Waals surface area contributed by atoms with Crippen molar-refractivity contribution in [3.05, 3.63) is 23.7 Å². The Bertz CT molecular complexity index is 381. The van der Waals surface area contributed by atoms with Crippen LogP contribution in [-0.2, 0) is 0 Å². The Hall–Kier alpha value is -1.33. The number of nitrogens with zero attached hydrogens (tertiary/aromatic N) is 2. The maximum absolute atomic E-state index is 12.1. The summed E-state index contributed by atoms with van der Waals surface area (Å²) >= 11 is 0. The Morgan fingerprint density at radius 2 is 2.12 bits per heavy atom. The number of rotatable bonds is 3. The second-order valence-corrected chi connectivity index (χ2v) is 4.29. The molecule has 0 spiro atoms. The van der Waals surface area contributed by atoms with Crippen molar-refractivity contribution in [2.45, 2.75) is 6.92 Å². The Kier molecular flexibility index (Phi) is 3.81. The summed E-state index contributed by atoms with van der Waals surface area (Å²) in [6.45, 7) is 5.74. The van der Waals surface area contributed by atoms with Crippen molar-refractivity contribution in [3.8, 4) is 0 Å². The van der Waals surface area contributed by atoms with Crippen molar-refractivity contribution < 1.29 is 14.3 Å². The van der Waals surface area contributed by atoms with Crippen LogP contribution in [0.1, 0.15) is 16.1 Å². The molecule has 0 saturated carbocycles. The second-order valence-electron chi connectivity index (χ2n) is 4.29. The lowest BCUT2D eigenvalue weighted by Gasteiger charge is -2.33. The molecule has 0 aliphatic carbocycles. The molecule has 1 fully saturated rings. The number of carbonyl (C=O) groups excluding carboxylic acids is 1. The molecule has 1 N–H and O–H groups in total. The predicted molar refractivity (Wildman–Crippen MR) is 62.9 cm³/mol. The Morgan fingerprint density at radius 3 is 2.65 bits per heavy atom. The van der Waals surface area contributed by atoms with Gasteiger partial charge in [-0.1, -0.05) is 0 Å². The van der Waals surface area contributed by atoms with Crippen molar-refractivity contribution in [2.24, 2.45) is 0 Å². The number of β-amino-alcohol motifs (C(OH)–C–C–N with tert-alkyl or cyclic N) is 1. The lowest BCUT2D eigenvalue weighted by molar-refractivity contribution is 0.0584. The molecule has 0 bridgehead atoms. The molecule has 0 atom stereocenters. The molecule has 0 aromatic carbocycles. The lowest BCUT2D eigenvalue weighted by atomic mass is 10.2. The Morgan fingerprint density at radius 1 is 1.41 bits per heavy atom. The SMILES string of the molecule is Cc1ccoc1C(=O)N1CCN(CCO)CC1. The summed E-state index contributed by atoms with van der Waals surface area (Å²) in [5, 5.41) is 8.84. The van der Waals surface area contributed by atoms with Crippen molar-refractivity contribution in [1.29, 1.82) is 0 Å². The quantitative estimate of drug-likeness (QED) is 0.825. The third-order valence-corrected chi connectivity index (χ3v) is 3.13. The van der Waals surface area contributed by atoms with Crippen LogP contribution in [0.2, 0.25) is 0 Å². The highest BCUT2D eigenvalue weighted by molar-refractivity contribution is 5.92. The Balaban J connectivity index is 1.93. The van der Waals surface area contributed by atoms with E-state index in [2.05, 4.69) is 4.90 Å². The molecule has 5 nitrogen and oxygen atoms in total. The van der Waals surface area contributed by atoms with Crippen LogP contribution in [0.5, 0.6) is 0 Å². The van der Waals surface area contributed by atoms with E-state index < -0.39 is 0 Å². The highest BCUT2D eigenvalue weighted by Crippen LogP contribution is 2.13. The first-order chi connectivity index (χ1) is 8.22. The molecular weight excluding hydrogens is 220 g/mol. The number of piperazine rings is 1. The third kappa shape index (κ3) is 2.68. The van der Waals surface area contributed by atoms with Crippen molar-refractivity contribution in [2.75, 3.05) is 39.3 Å². The highest BCUT2D eigenvalue weighted by atomic mass is 16.3. The van der Waals surface area contributed by atoms with Gasteiger partial charge in [0.1, 0.15) is 0 Å². The monoisotopic (exact) mass is 238 g/mol. The van der Waals surface area contributed by atoms with Crippen LogP contribution < -0.4 is 0 Å². The van der Waals surface area contributed by atoms with Gasteiger partial charge in [0.2, 0.25) is 0 Å². The van der Waals surface area contributed by atoms with Gasteiger partial charge in [-0.25, -0.2) is 0 Å². The number of hydrogen-bond donors (Lipinski definition) is 1. The maximum atomic E-state index is 12.1. The van der Waals surface area contributed by atoms with Gasteiger partial charge in [-0.3, -0.25) is 9.69 Å². The minimum absolute atomic E-state index is 0.0313. The van der Waals surface area contributed by atoms with Crippen molar-refractivity contribution >= 4 is 5.91 Å². The summed E-state index contributed by atoms with van der Waals surface area (Å²) in [5.74, 6) is 0.414. The zero-order valence-electron chi connectivity index (χ0n) is 10.1. The molecule has 1 amide bonds. The van der Waals surface area contributed by atoms with Gasteiger partial charge in [-0.2, -0.15) is 0 Å². The van der Waals surface area contributed by atoms with E-state index in [1.807, 2.05) is 6.92 Å². The van der Waals surface area contributed by atoms with Gasteiger partial charge in [0.05, 0.1) is 12.9 Å². The third-order valence-electron chi connectivity index (χ3n) is 3.13. The molecule has 2 rings (SSSR count). The van der Waals surface area contributed by atoms with Gasteiger partial charge < -0.3 is 14.4 Å². The zero-order chi connectivity index (χ0) is 12.3. The lowest BCUT2D eigenvalue weighted by Crippen LogP contribution is -2.49. The largest absolute Gasteiger partial charge is 0.459 e. The molecule has 17 heavy (non-hydrogen) atoms. The van der Waals surface area contributed by atoms with Crippen LogP contribution in [-0.4, -0.2) is 60.1 Å². The normalized spacial score (nSPS) is 17.4. The molecular formula is C12H18N2O3. The van der Waals surface area contributed by atoms with Gasteiger partial charge in [-0.05, 0) is 13.0 Å². The first kappa shape index (κ1) is 12.1. The van der Waals surface area contributed by atoms with E-state index in [0.29, 0.717) is 25.4 Å². The van der Waals surface area contributed by atoms with Gasteiger partial charge in [0, 0.05) is 38.3 Å². The minimum atomic E-state index is -0.0313. The van der Waals surface area contributed by atoms with E-state index >= 15 is 0 Å². The summed E-state index contributed by atoms with van der Waals surface area (Å²) in [6.07, 6.45) is 1.55. The van der Waals surface area contributed by atoms with Crippen LogP contribution in [0.3, 0.4) is 0 Å². The van der Waals surface area contributed by atoms with E-state index in [0.717, 1.165) is 18.7 Å². The van der Waals surface area contributed by atoms with E-state index in [4.69, 9.17) is 9.52 Å². The first-order valence-corrected chi connectivity index (χ1v) is 5.89. The smallest absolute Gasteiger partial charge is 0.289 e. The molecule has 1 saturated heterocycles. The predicted octanol–water partition coefficient (Wildman–Crippen LogP) is 0.338. The van der Waals surface area contributed by atoms with E-state index in [-0.39, 0.29) is 12.5 Å². The maximum Gasteiger partial charge on any atom is 0.289 e. The molecule has 1 aromatic rings. The topological polar surface area (TPSA) is 56.9 Å². The van der Waals surface area contributed by atoms with E-state index in [1.54, 1.807) is 17.2 Å². The minimum Gasteiger partial charge on any atom is -0.459 e. The summed E-state index contributed by atoms with van der Waals surface area (Å²) in [7, 11) is 0. The van der Waals surface area contributed by atoms with Crippen LogP contribution >= 0.6 is 0 Å². The summed E-state index contributed by atoms with van der Waals surface area (Å²) in [4.78, 5) is 16.1. The molecule has 1 aliphatic rings. The fraction of sp³-hybridized carbons (Fsp3) is 0.583. The summed E-state index contributed by atoms with van der Waals surface area (Å²) in [5.41, 5.74) is 0.882. The van der Waals surface area contributed by atoms with Crippen LogP contribution in [0, 0.1) is 6.92 Å². The standard InChI is InChI=1S/C12H18N2O3/c1-10-2-9-17-11(10)12(16)14-5-3-13(4-6-14)7-8-15/h2,9,15H,3-8H2,1H3. The van der Waals surface area contributed by atoms with Gasteiger partial charge in [-0.15, -0.1) is 0 Å². The first-order valence-electron chi connectivity index (χ1n) is 5.89. The number of aryl methyl sites for hydroxylation is 1. The number of aliphatic hydroxyl groups is 1.